The molecule has 1 aliphatic heterocycles. The lowest BCUT2D eigenvalue weighted by atomic mass is 10.0. The van der Waals surface area contributed by atoms with Crippen LogP contribution in [0.2, 0.25) is 0 Å². The van der Waals surface area contributed by atoms with Crippen molar-refractivity contribution in [2.45, 2.75) is 38.1 Å². The maximum atomic E-state index is 12.5. The number of amides is 1. The molecule has 0 aromatic carbocycles. The molecule has 3 heteroatoms. The highest BCUT2D eigenvalue weighted by Gasteiger charge is 2.68. The fourth-order valence-corrected chi connectivity index (χ4v) is 5.01. The molecule has 5 atom stereocenters. The summed E-state index contributed by atoms with van der Waals surface area (Å²) in [5.74, 6) is 3.75. The third-order valence-corrected chi connectivity index (χ3v) is 5.71. The molecule has 1 heterocycles. The van der Waals surface area contributed by atoms with Gasteiger partial charge in [-0.2, -0.15) is 5.26 Å². The molecule has 0 N–H and O–H groups in total. The quantitative estimate of drug-likeness (QED) is 0.689. The Morgan fingerprint density at radius 3 is 2.53 bits per heavy atom. The molecule has 0 aromatic heterocycles. The second-order valence-electron chi connectivity index (χ2n) is 6.33. The number of fused-ring (bicyclic) bond motifs is 5. The van der Waals surface area contributed by atoms with E-state index in [1.165, 1.54) is 19.3 Å². The first kappa shape index (κ1) is 9.94. The minimum atomic E-state index is -0.124. The van der Waals surface area contributed by atoms with Gasteiger partial charge >= 0.3 is 0 Å². The van der Waals surface area contributed by atoms with Crippen molar-refractivity contribution in [3.63, 3.8) is 0 Å². The predicted molar refractivity (Wildman–Crippen MR) is 61.6 cm³/mol. The highest BCUT2D eigenvalue weighted by molar-refractivity contribution is 5.83. The zero-order chi connectivity index (χ0) is 11.6. The number of carbonyl (C=O) groups is 1. The molecular formula is C14H18N2O. The average Bonchev–Trinajstić information content (AvgIpc) is 2.78. The molecule has 2 bridgehead atoms. The van der Waals surface area contributed by atoms with E-state index in [4.69, 9.17) is 5.26 Å². The third-order valence-electron chi connectivity index (χ3n) is 5.71. The van der Waals surface area contributed by atoms with Gasteiger partial charge in [-0.05, 0) is 55.8 Å². The number of nitrogens with zero attached hydrogens (tertiary/aromatic N) is 2. The van der Waals surface area contributed by atoms with Crippen LogP contribution in [0.1, 0.15) is 32.1 Å². The Balaban J connectivity index is 1.51. The highest BCUT2D eigenvalue weighted by atomic mass is 16.2. The van der Waals surface area contributed by atoms with Crippen molar-refractivity contribution in [2.24, 2.45) is 29.6 Å². The summed E-state index contributed by atoms with van der Waals surface area (Å²) in [7, 11) is 0. The third kappa shape index (κ3) is 1.19. The Kier molecular flexibility index (Phi) is 1.90. The average molecular weight is 230 g/mol. The van der Waals surface area contributed by atoms with Gasteiger partial charge in [-0.25, -0.2) is 0 Å². The zero-order valence-corrected chi connectivity index (χ0v) is 10.0. The van der Waals surface area contributed by atoms with Crippen LogP contribution < -0.4 is 0 Å². The van der Waals surface area contributed by atoms with E-state index >= 15 is 0 Å². The van der Waals surface area contributed by atoms with Gasteiger partial charge in [0.15, 0.2) is 0 Å². The van der Waals surface area contributed by atoms with Crippen LogP contribution in [0.5, 0.6) is 0 Å². The molecule has 0 aromatic rings. The van der Waals surface area contributed by atoms with Gasteiger partial charge in [-0.1, -0.05) is 0 Å². The van der Waals surface area contributed by atoms with Crippen molar-refractivity contribution >= 4 is 5.91 Å². The van der Waals surface area contributed by atoms with Gasteiger partial charge in [0.2, 0.25) is 5.91 Å². The number of hydrogen-bond acceptors (Lipinski definition) is 2. The molecule has 90 valence electrons. The lowest BCUT2D eigenvalue weighted by Gasteiger charge is -2.21. The number of hydrogen-bond donors (Lipinski definition) is 0. The van der Waals surface area contributed by atoms with Crippen LogP contribution in [0.4, 0.5) is 0 Å². The predicted octanol–water partition coefficient (Wildman–Crippen LogP) is 1.79. The van der Waals surface area contributed by atoms with Crippen molar-refractivity contribution in [2.75, 3.05) is 6.54 Å². The number of carbonyl (C=O) groups excluding carboxylic acids is 1. The molecule has 17 heavy (non-hydrogen) atoms. The summed E-state index contributed by atoms with van der Waals surface area (Å²) in [5, 5.41) is 9.06. The molecule has 0 spiro atoms. The fraction of sp³-hybridized carbons (Fsp3) is 0.857. The summed E-state index contributed by atoms with van der Waals surface area (Å²) in [6.45, 7) is 0.822. The molecule has 1 amide bonds. The Morgan fingerprint density at radius 2 is 1.88 bits per heavy atom. The highest BCUT2D eigenvalue weighted by Crippen LogP contribution is 2.69. The number of rotatable bonds is 1. The molecule has 4 aliphatic rings. The van der Waals surface area contributed by atoms with Crippen molar-refractivity contribution < 1.29 is 4.79 Å². The van der Waals surface area contributed by atoms with E-state index in [0.29, 0.717) is 23.7 Å². The van der Waals surface area contributed by atoms with Crippen molar-refractivity contribution in [3.8, 4) is 6.07 Å². The first-order valence-corrected chi connectivity index (χ1v) is 7.01. The molecule has 5 unspecified atom stereocenters. The topological polar surface area (TPSA) is 44.1 Å². The summed E-state index contributed by atoms with van der Waals surface area (Å²) in [4.78, 5) is 14.4. The molecule has 3 nitrogen and oxygen atoms in total. The Hall–Kier alpha value is -1.04. The molecule has 4 rings (SSSR count). The van der Waals surface area contributed by atoms with Gasteiger partial charge in [-0.15, -0.1) is 0 Å². The van der Waals surface area contributed by atoms with Crippen LogP contribution in [0.25, 0.3) is 0 Å². The van der Waals surface area contributed by atoms with Crippen LogP contribution in [-0.2, 0) is 4.79 Å². The lowest BCUT2D eigenvalue weighted by Crippen LogP contribution is -2.37. The molecule has 3 saturated carbocycles. The molecular weight excluding hydrogens is 212 g/mol. The van der Waals surface area contributed by atoms with Gasteiger partial charge in [0.05, 0.1) is 6.07 Å². The number of likely N-dealkylation sites (tertiary alicyclic amines) is 1. The Labute approximate surface area is 102 Å². The van der Waals surface area contributed by atoms with Crippen LogP contribution >= 0.6 is 0 Å². The van der Waals surface area contributed by atoms with Gasteiger partial charge in [0.25, 0.3) is 0 Å². The summed E-state index contributed by atoms with van der Waals surface area (Å²) in [6, 6.07) is 2.16. The van der Waals surface area contributed by atoms with E-state index in [1.54, 1.807) is 0 Å². The first-order chi connectivity index (χ1) is 8.31. The molecule has 4 fully saturated rings. The summed E-state index contributed by atoms with van der Waals surface area (Å²) in [6.07, 6.45) is 6.01. The van der Waals surface area contributed by atoms with Crippen molar-refractivity contribution in [3.05, 3.63) is 0 Å². The summed E-state index contributed by atoms with van der Waals surface area (Å²) >= 11 is 0. The van der Waals surface area contributed by atoms with E-state index in [1.807, 2.05) is 4.90 Å². The Bertz CT molecular complexity index is 397. The van der Waals surface area contributed by atoms with Crippen LogP contribution in [-0.4, -0.2) is 23.4 Å². The van der Waals surface area contributed by atoms with Gasteiger partial charge in [-0.3, -0.25) is 4.79 Å². The normalized spacial score (nSPS) is 50.2. The second-order valence-corrected chi connectivity index (χ2v) is 6.33. The van der Waals surface area contributed by atoms with E-state index in [9.17, 15) is 4.79 Å². The smallest absolute Gasteiger partial charge is 0.227 e. The summed E-state index contributed by atoms with van der Waals surface area (Å²) < 4.78 is 0. The first-order valence-electron chi connectivity index (χ1n) is 7.01. The van der Waals surface area contributed by atoms with Crippen molar-refractivity contribution in [1.29, 1.82) is 5.26 Å². The zero-order valence-electron chi connectivity index (χ0n) is 10.0. The monoisotopic (exact) mass is 230 g/mol. The summed E-state index contributed by atoms with van der Waals surface area (Å²) in [5.41, 5.74) is 0. The standard InChI is InChI=1S/C14H18N2O/c15-7-10-2-1-5-16(10)14(17)13-11-8-3-4-9(6-8)12(11)13/h8-13H,1-6H2. The van der Waals surface area contributed by atoms with E-state index in [0.717, 1.165) is 31.2 Å². The van der Waals surface area contributed by atoms with E-state index in [-0.39, 0.29) is 6.04 Å². The molecule has 3 aliphatic carbocycles. The largest absolute Gasteiger partial charge is 0.326 e. The molecule has 1 saturated heterocycles. The van der Waals surface area contributed by atoms with Gasteiger partial charge in [0.1, 0.15) is 6.04 Å². The van der Waals surface area contributed by atoms with Gasteiger partial charge in [0, 0.05) is 12.5 Å². The van der Waals surface area contributed by atoms with Crippen LogP contribution in [0, 0.1) is 40.9 Å². The minimum absolute atomic E-state index is 0.124. The van der Waals surface area contributed by atoms with Crippen LogP contribution in [0.3, 0.4) is 0 Å². The SMILES string of the molecule is N#CC1CCCN1C(=O)C1C2C3CCC(C3)C12. The molecule has 0 radical (unpaired) electrons. The van der Waals surface area contributed by atoms with Crippen LogP contribution in [0.15, 0.2) is 0 Å². The van der Waals surface area contributed by atoms with Gasteiger partial charge < -0.3 is 4.90 Å². The van der Waals surface area contributed by atoms with E-state index < -0.39 is 0 Å². The maximum absolute atomic E-state index is 12.5. The van der Waals surface area contributed by atoms with Crippen molar-refractivity contribution in [1.82, 2.24) is 4.90 Å². The second kappa shape index (κ2) is 3.25. The fourth-order valence-electron chi connectivity index (χ4n) is 5.01. The maximum Gasteiger partial charge on any atom is 0.227 e. The minimum Gasteiger partial charge on any atom is -0.326 e. The number of nitriles is 1. The van der Waals surface area contributed by atoms with E-state index in [2.05, 4.69) is 6.07 Å². The lowest BCUT2D eigenvalue weighted by molar-refractivity contribution is -0.133. The Morgan fingerprint density at radius 1 is 1.18 bits per heavy atom.